The molecule has 0 aliphatic carbocycles. The molecule has 1 N–H and O–H groups in total. The Hall–Kier alpha value is -1.08. The molecule has 0 spiro atoms. The summed E-state index contributed by atoms with van der Waals surface area (Å²) in [5.74, 6) is 0.622. The Morgan fingerprint density at radius 2 is 2.00 bits per heavy atom. The third-order valence-corrected chi connectivity index (χ3v) is 5.59. The molecule has 1 saturated heterocycles. The number of fused-ring (bicyclic) bond motifs is 1. The molecule has 0 amide bonds. The van der Waals surface area contributed by atoms with Gasteiger partial charge in [-0.3, -0.25) is 0 Å². The second-order valence-electron chi connectivity index (χ2n) is 4.74. The molecule has 0 bridgehead atoms. The topological polar surface area (TPSA) is 58.6 Å². The molecule has 3 rings (SSSR count). The van der Waals surface area contributed by atoms with Crippen LogP contribution in [0.1, 0.15) is 5.56 Å². The summed E-state index contributed by atoms with van der Waals surface area (Å²) < 4.78 is 32.1. The van der Waals surface area contributed by atoms with E-state index in [2.05, 4.69) is 5.32 Å². The highest BCUT2D eigenvalue weighted by Gasteiger charge is 2.30. The van der Waals surface area contributed by atoms with Crippen molar-refractivity contribution in [1.29, 1.82) is 0 Å². The number of ether oxygens (including phenoxy) is 1. The van der Waals surface area contributed by atoms with Crippen LogP contribution in [-0.4, -0.2) is 45.5 Å². The van der Waals surface area contributed by atoms with Gasteiger partial charge in [0.15, 0.2) is 0 Å². The first-order valence-corrected chi connectivity index (χ1v) is 8.23. The van der Waals surface area contributed by atoms with E-state index in [1.165, 1.54) is 4.31 Å². The molecular formula is C13H15ClN2O3S. The summed E-state index contributed by atoms with van der Waals surface area (Å²) in [6.07, 6.45) is 1.67. The van der Waals surface area contributed by atoms with Crippen molar-refractivity contribution in [3.8, 4) is 5.75 Å². The lowest BCUT2D eigenvalue weighted by molar-refractivity contribution is 0.339. The number of halogens is 1. The Kier molecular flexibility index (Phi) is 3.72. The maximum absolute atomic E-state index is 12.5. The van der Waals surface area contributed by atoms with Crippen molar-refractivity contribution in [3.63, 3.8) is 0 Å². The Bertz CT molecular complexity index is 652. The zero-order valence-electron chi connectivity index (χ0n) is 10.8. The first-order chi connectivity index (χ1) is 9.57. The second kappa shape index (κ2) is 5.37. The summed E-state index contributed by atoms with van der Waals surface area (Å²) in [6, 6.07) is 5.19. The number of nitrogens with one attached hydrogen (secondary N) is 1. The van der Waals surface area contributed by atoms with Gasteiger partial charge in [-0.2, -0.15) is 4.31 Å². The van der Waals surface area contributed by atoms with Crippen molar-refractivity contribution < 1.29 is 13.2 Å². The third kappa shape index (κ3) is 2.56. The third-order valence-electron chi connectivity index (χ3n) is 3.41. The lowest BCUT2D eigenvalue weighted by Gasteiger charge is -2.28. The minimum atomic E-state index is -3.44. The summed E-state index contributed by atoms with van der Waals surface area (Å²) in [5.41, 5.74) is 0.745. The molecule has 2 heterocycles. The quantitative estimate of drug-likeness (QED) is 0.894. The lowest BCUT2D eigenvalue weighted by Crippen LogP contribution is -2.47. The summed E-state index contributed by atoms with van der Waals surface area (Å²) in [7, 11) is -3.44. The van der Waals surface area contributed by atoms with Crippen LogP contribution in [0.5, 0.6) is 5.75 Å². The summed E-state index contributed by atoms with van der Waals surface area (Å²) in [5, 5.41) is 3.71. The van der Waals surface area contributed by atoms with Crippen LogP contribution >= 0.6 is 11.6 Å². The number of nitrogens with zero attached hydrogens (tertiary/aromatic N) is 1. The molecule has 0 radical (unpaired) electrons. The molecular weight excluding hydrogens is 300 g/mol. The van der Waals surface area contributed by atoms with Gasteiger partial charge in [0.2, 0.25) is 10.0 Å². The Morgan fingerprint density at radius 3 is 2.75 bits per heavy atom. The summed E-state index contributed by atoms with van der Waals surface area (Å²) in [4.78, 5) is 0.300. The number of sulfonamides is 1. The Labute approximate surface area is 123 Å². The first kappa shape index (κ1) is 13.9. The van der Waals surface area contributed by atoms with Crippen LogP contribution in [-0.2, 0) is 10.0 Å². The van der Waals surface area contributed by atoms with Crippen molar-refractivity contribution in [2.45, 2.75) is 0 Å². The van der Waals surface area contributed by atoms with Gasteiger partial charge >= 0.3 is 0 Å². The molecule has 2 aliphatic rings. The van der Waals surface area contributed by atoms with Gasteiger partial charge in [-0.25, -0.2) is 8.42 Å². The predicted octanol–water partition coefficient (Wildman–Crippen LogP) is 1.31. The first-order valence-electron chi connectivity index (χ1n) is 6.41. The molecule has 5 nitrogen and oxygen atoms in total. The van der Waals surface area contributed by atoms with Crippen LogP contribution < -0.4 is 10.1 Å². The molecule has 0 unspecified atom stereocenters. The van der Waals surface area contributed by atoms with Gasteiger partial charge in [0.1, 0.15) is 12.4 Å². The summed E-state index contributed by atoms with van der Waals surface area (Å²) >= 11 is 5.89. The standard InChI is InChI=1S/C13H15ClN2O3S/c14-11-2-1-10-7-12(9-19-13(10)8-11)20(17,18)16-5-3-15-4-6-16/h1-2,7-8,15H,3-6,9H2. The molecule has 20 heavy (non-hydrogen) atoms. The normalized spacial score (nSPS) is 19.9. The van der Waals surface area contributed by atoms with Crippen LogP contribution in [0.2, 0.25) is 5.02 Å². The van der Waals surface area contributed by atoms with E-state index in [0.717, 1.165) is 5.56 Å². The molecule has 1 aromatic carbocycles. The van der Waals surface area contributed by atoms with Gasteiger partial charge in [-0.1, -0.05) is 11.6 Å². The number of piperazine rings is 1. The second-order valence-corrected chi connectivity index (χ2v) is 7.16. The fraction of sp³-hybridized carbons (Fsp3) is 0.385. The number of benzene rings is 1. The maximum Gasteiger partial charge on any atom is 0.242 e. The molecule has 0 aromatic heterocycles. The predicted molar refractivity (Wildman–Crippen MR) is 78.3 cm³/mol. The fourth-order valence-corrected chi connectivity index (χ4v) is 3.96. The molecule has 2 aliphatic heterocycles. The minimum Gasteiger partial charge on any atom is -0.487 e. The molecule has 1 aromatic rings. The Balaban J connectivity index is 1.92. The van der Waals surface area contributed by atoms with Gasteiger partial charge < -0.3 is 10.1 Å². The van der Waals surface area contributed by atoms with E-state index >= 15 is 0 Å². The van der Waals surface area contributed by atoms with Gasteiger partial charge in [0, 0.05) is 36.8 Å². The van der Waals surface area contributed by atoms with E-state index in [9.17, 15) is 8.42 Å². The average molecular weight is 315 g/mol. The zero-order valence-corrected chi connectivity index (χ0v) is 12.4. The minimum absolute atomic E-state index is 0.0552. The van der Waals surface area contributed by atoms with Crippen LogP contribution in [0.3, 0.4) is 0 Å². The summed E-state index contributed by atoms with van der Waals surface area (Å²) in [6.45, 7) is 2.40. The highest BCUT2D eigenvalue weighted by molar-refractivity contribution is 7.93. The smallest absolute Gasteiger partial charge is 0.242 e. The Morgan fingerprint density at radius 1 is 1.25 bits per heavy atom. The highest BCUT2D eigenvalue weighted by atomic mass is 35.5. The van der Waals surface area contributed by atoms with Crippen molar-refractivity contribution >= 4 is 27.7 Å². The van der Waals surface area contributed by atoms with Crippen LogP contribution in [0.25, 0.3) is 6.08 Å². The van der Waals surface area contributed by atoms with E-state index in [4.69, 9.17) is 16.3 Å². The van der Waals surface area contributed by atoms with Crippen molar-refractivity contribution in [3.05, 3.63) is 33.7 Å². The average Bonchev–Trinajstić information content (AvgIpc) is 2.47. The zero-order chi connectivity index (χ0) is 14.2. The molecule has 7 heteroatoms. The van der Waals surface area contributed by atoms with Crippen LogP contribution in [0.4, 0.5) is 0 Å². The van der Waals surface area contributed by atoms with E-state index in [-0.39, 0.29) is 6.61 Å². The molecule has 0 saturated carbocycles. The van der Waals surface area contributed by atoms with Crippen molar-refractivity contribution in [2.75, 3.05) is 32.8 Å². The molecule has 108 valence electrons. The van der Waals surface area contributed by atoms with Gasteiger partial charge in [0.25, 0.3) is 0 Å². The highest BCUT2D eigenvalue weighted by Crippen LogP contribution is 2.31. The van der Waals surface area contributed by atoms with Crippen LogP contribution in [0, 0.1) is 0 Å². The SMILES string of the molecule is O=S(=O)(C1=Cc2ccc(Cl)cc2OC1)N1CCNCC1. The van der Waals surface area contributed by atoms with E-state index in [1.54, 1.807) is 24.3 Å². The number of hydrogen-bond acceptors (Lipinski definition) is 4. The fourth-order valence-electron chi connectivity index (χ4n) is 2.32. The van der Waals surface area contributed by atoms with E-state index in [1.807, 2.05) is 0 Å². The van der Waals surface area contributed by atoms with Gasteiger partial charge in [-0.05, 0) is 24.3 Å². The lowest BCUT2D eigenvalue weighted by atomic mass is 10.1. The van der Waals surface area contributed by atoms with Gasteiger partial charge in [-0.15, -0.1) is 0 Å². The number of hydrogen-bond donors (Lipinski definition) is 1. The van der Waals surface area contributed by atoms with E-state index in [0.29, 0.717) is 41.9 Å². The van der Waals surface area contributed by atoms with Crippen LogP contribution in [0.15, 0.2) is 23.1 Å². The largest absolute Gasteiger partial charge is 0.487 e. The maximum atomic E-state index is 12.5. The molecule has 0 atom stereocenters. The van der Waals surface area contributed by atoms with Crippen molar-refractivity contribution in [1.82, 2.24) is 9.62 Å². The number of rotatable bonds is 2. The van der Waals surface area contributed by atoms with Crippen molar-refractivity contribution in [2.24, 2.45) is 0 Å². The van der Waals surface area contributed by atoms with Gasteiger partial charge in [0.05, 0.1) is 4.91 Å². The molecule has 1 fully saturated rings. The monoisotopic (exact) mass is 314 g/mol. The van der Waals surface area contributed by atoms with E-state index < -0.39 is 10.0 Å².